The Hall–Kier alpha value is -2.58. The van der Waals surface area contributed by atoms with E-state index in [1.807, 2.05) is 0 Å². The summed E-state index contributed by atoms with van der Waals surface area (Å²) in [5.41, 5.74) is -0.996. The van der Waals surface area contributed by atoms with Crippen LogP contribution in [0.5, 0.6) is 0 Å². The zero-order valence-corrected chi connectivity index (χ0v) is 18.7. The van der Waals surface area contributed by atoms with Crippen molar-refractivity contribution in [3.63, 3.8) is 0 Å². The van der Waals surface area contributed by atoms with E-state index in [1.165, 1.54) is 6.07 Å². The van der Waals surface area contributed by atoms with E-state index in [0.717, 1.165) is 12.1 Å². The zero-order valence-electron chi connectivity index (χ0n) is 17.9. The first-order chi connectivity index (χ1) is 15.7. The zero-order chi connectivity index (χ0) is 23.6. The molecule has 0 radical (unpaired) electrons. The third-order valence-electron chi connectivity index (χ3n) is 6.42. The normalized spacial score (nSPS) is 18.8. The highest BCUT2D eigenvalue weighted by Gasteiger charge is 2.45. The van der Waals surface area contributed by atoms with Crippen molar-refractivity contribution in [3.05, 3.63) is 70.2 Å². The third-order valence-corrected chi connectivity index (χ3v) is 6.66. The molecule has 33 heavy (non-hydrogen) atoms. The van der Waals surface area contributed by atoms with E-state index in [-0.39, 0.29) is 11.8 Å². The summed E-state index contributed by atoms with van der Waals surface area (Å²) in [4.78, 5) is 29.8. The molecule has 0 saturated carbocycles. The molecular weight excluding hydrogens is 457 g/mol. The number of benzene rings is 2. The van der Waals surface area contributed by atoms with Crippen LogP contribution < -0.4 is 0 Å². The van der Waals surface area contributed by atoms with Crippen LogP contribution in [-0.2, 0) is 21.1 Å². The lowest BCUT2D eigenvalue weighted by molar-refractivity contribution is -0.143. The van der Waals surface area contributed by atoms with Gasteiger partial charge < -0.3 is 14.5 Å². The maximum atomic E-state index is 13.7. The molecule has 2 aromatic rings. The molecule has 4 rings (SSSR count). The molecule has 0 bridgehead atoms. The lowest BCUT2D eigenvalue weighted by Gasteiger charge is -2.43. The van der Waals surface area contributed by atoms with Gasteiger partial charge in [-0.05, 0) is 42.7 Å². The number of amides is 2. The first kappa shape index (κ1) is 23.6. The molecule has 5 nitrogen and oxygen atoms in total. The Morgan fingerprint density at radius 3 is 2.18 bits per heavy atom. The van der Waals surface area contributed by atoms with Gasteiger partial charge in [0.15, 0.2) is 0 Å². The number of carbonyl (C=O) groups excluding carboxylic acids is 2. The van der Waals surface area contributed by atoms with Crippen LogP contribution in [0.2, 0.25) is 5.02 Å². The first-order valence-corrected chi connectivity index (χ1v) is 11.2. The Morgan fingerprint density at radius 2 is 1.55 bits per heavy atom. The average molecular weight is 481 g/mol. The summed E-state index contributed by atoms with van der Waals surface area (Å²) < 4.78 is 45.4. The quantitative estimate of drug-likeness (QED) is 0.654. The van der Waals surface area contributed by atoms with Crippen LogP contribution in [0, 0.1) is 0 Å². The Labute approximate surface area is 195 Å². The topological polar surface area (TPSA) is 49.9 Å². The second-order valence-electron chi connectivity index (χ2n) is 8.37. The standard InChI is InChI=1S/C24H24ClF3N2O3/c25-20-6-1-3-17(15-20)21(31)29-9-11-30(12-10-29)22(32)23(7-13-33-14-8-23)18-4-2-5-19(16-18)24(26,27)28/h1-6,15-16H,7-14H2. The van der Waals surface area contributed by atoms with E-state index in [4.69, 9.17) is 16.3 Å². The number of carbonyl (C=O) groups is 2. The number of rotatable bonds is 3. The highest BCUT2D eigenvalue weighted by atomic mass is 35.5. The van der Waals surface area contributed by atoms with Crippen LogP contribution in [0.15, 0.2) is 48.5 Å². The summed E-state index contributed by atoms with van der Waals surface area (Å²) in [6, 6.07) is 11.7. The molecule has 2 fully saturated rings. The Bertz CT molecular complexity index is 1030. The Balaban J connectivity index is 1.52. The van der Waals surface area contributed by atoms with Crippen molar-refractivity contribution in [2.45, 2.75) is 24.4 Å². The lowest BCUT2D eigenvalue weighted by Crippen LogP contribution is -2.56. The van der Waals surface area contributed by atoms with Gasteiger partial charge in [0.25, 0.3) is 5.91 Å². The monoisotopic (exact) mass is 480 g/mol. The molecule has 0 unspecified atom stereocenters. The maximum absolute atomic E-state index is 13.7. The van der Waals surface area contributed by atoms with Crippen LogP contribution in [0.4, 0.5) is 13.2 Å². The van der Waals surface area contributed by atoms with Crippen molar-refractivity contribution in [1.82, 2.24) is 9.80 Å². The van der Waals surface area contributed by atoms with Gasteiger partial charge in [-0.15, -0.1) is 0 Å². The fourth-order valence-electron chi connectivity index (χ4n) is 4.56. The summed E-state index contributed by atoms with van der Waals surface area (Å²) in [5.74, 6) is -0.372. The molecule has 2 saturated heterocycles. The van der Waals surface area contributed by atoms with E-state index in [0.29, 0.717) is 68.4 Å². The summed E-state index contributed by atoms with van der Waals surface area (Å²) in [6.07, 6.45) is -3.86. The number of hydrogen-bond acceptors (Lipinski definition) is 3. The number of ether oxygens (including phenoxy) is 1. The van der Waals surface area contributed by atoms with Crippen LogP contribution in [0.25, 0.3) is 0 Å². The lowest BCUT2D eigenvalue weighted by atomic mass is 9.72. The third kappa shape index (κ3) is 4.87. The van der Waals surface area contributed by atoms with E-state index in [2.05, 4.69) is 0 Å². The Kier molecular flexibility index (Phi) is 6.68. The van der Waals surface area contributed by atoms with Crippen molar-refractivity contribution >= 4 is 23.4 Å². The molecule has 176 valence electrons. The van der Waals surface area contributed by atoms with Crippen molar-refractivity contribution in [2.75, 3.05) is 39.4 Å². The van der Waals surface area contributed by atoms with E-state index in [9.17, 15) is 22.8 Å². The van der Waals surface area contributed by atoms with Crippen molar-refractivity contribution in [2.24, 2.45) is 0 Å². The minimum absolute atomic E-state index is 0.164. The number of nitrogens with zero attached hydrogens (tertiary/aromatic N) is 2. The highest BCUT2D eigenvalue weighted by Crippen LogP contribution is 2.39. The fraction of sp³-hybridized carbons (Fsp3) is 0.417. The van der Waals surface area contributed by atoms with Gasteiger partial charge in [-0.25, -0.2) is 0 Å². The number of halogens is 4. The van der Waals surface area contributed by atoms with Crippen molar-refractivity contribution < 1.29 is 27.5 Å². The van der Waals surface area contributed by atoms with E-state index in [1.54, 1.807) is 40.1 Å². The minimum atomic E-state index is -4.49. The average Bonchev–Trinajstić information content (AvgIpc) is 2.83. The maximum Gasteiger partial charge on any atom is 0.416 e. The summed E-state index contributed by atoms with van der Waals surface area (Å²) >= 11 is 5.99. The number of alkyl halides is 3. The van der Waals surface area contributed by atoms with Gasteiger partial charge in [-0.3, -0.25) is 9.59 Å². The van der Waals surface area contributed by atoms with Crippen molar-refractivity contribution in [3.8, 4) is 0 Å². The Morgan fingerprint density at radius 1 is 0.909 bits per heavy atom. The molecule has 2 heterocycles. The van der Waals surface area contributed by atoms with E-state index < -0.39 is 17.2 Å². The summed E-state index contributed by atoms with van der Waals surface area (Å²) in [6.45, 7) is 1.91. The molecule has 2 amide bonds. The molecule has 2 aliphatic rings. The molecular formula is C24H24ClF3N2O3. The van der Waals surface area contributed by atoms with Crippen LogP contribution in [0.3, 0.4) is 0 Å². The fourth-order valence-corrected chi connectivity index (χ4v) is 4.75. The van der Waals surface area contributed by atoms with Gasteiger partial charge in [0.05, 0.1) is 11.0 Å². The largest absolute Gasteiger partial charge is 0.416 e. The first-order valence-electron chi connectivity index (χ1n) is 10.8. The molecule has 0 aromatic heterocycles. The molecule has 2 aromatic carbocycles. The second-order valence-corrected chi connectivity index (χ2v) is 8.80. The molecule has 0 N–H and O–H groups in total. The predicted molar refractivity (Wildman–Crippen MR) is 117 cm³/mol. The second kappa shape index (κ2) is 9.35. The molecule has 9 heteroatoms. The highest BCUT2D eigenvalue weighted by molar-refractivity contribution is 6.30. The number of piperazine rings is 1. The van der Waals surface area contributed by atoms with Gasteiger partial charge in [0.1, 0.15) is 0 Å². The van der Waals surface area contributed by atoms with Crippen LogP contribution >= 0.6 is 11.6 Å². The summed E-state index contributed by atoms with van der Waals surface area (Å²) in [7, 11) is 0. The molecule has 0 aliphatic carbocycles. The van der Waals surface area contributed by atoms with Gasteiger partial charge in [-0.1, -0.05) is 35.9 Å². The van der Waals surface area contributed by atoms with Gasteiger partial charge in [0, 0.05) is 50.0 Å². The van der Waals surface area contributed by atoms with Crippen LogP contribution in [-0.4, -0.2) is 61.0 Å². The van der Waals surface area contributed by atoms with Gasteiger partial charge >= 0.3 is 6.18 Å². The molecule has 0 spiro atoms. The SMILES string of the molecule is O=C(c1cccc(Cl)c1)N1CCN(C(=O)C2(c3cccc(C(F)(F)F)c3)CCOCC2)CC1. The molecule has 0 atom stereocenters. The van der Waals surface area contributed by atoms with Gasteiger partial charge in [-0.2, -0.15) is 13.2 Å². The van der Waals surface area contributed by atoms with E-state index >= 15 is 0 Å². The minimum Gasteiger partial charge on any atom is -0.381 e. The van der Waals surface area contributed by atoms with Crippen LogP contribution in [0.1, 0.15) is 34.3 Å². The smallest absolute Gasteiger partial charge is 0.381 e. The van der Waals surface area contributed by atoms with Crippen molar-refractivity contribution in [1.29, 1.82) is 0 Å². The predicted octanol–water partition coefficient (Wildman–Crippen LogP) is 4.39. The number of hydrogen-bond donors (Lipinski definition) is 0. The summed E-state index contributed by atoms with van der Waals surface area (Å²) in [5, 5.41) is 0.470. The van der Waals surface area contributed by atoms with Gasteiger partial charge in [0.2, 0.25) is 5.91 Å². The molecule has 2 aliphatic heterocycles.